The molecule has 0 radical (unpaired) electrons. The number of carbonyl (C=O) groups is 1. The third kappa shape index (κ3) is 5.82. The van der Waals surface area contributed by atoms with Crippen molar-refractivity contribution in [1.82, 2.24) is 10.2 Å². The van der Waals surface area contributed by atoms with E-state index >= 15 is 0 Å². The summed E-state index contributed by atoms with van der Waals surface area (Å²) >= 11 is 0. The maximum Gasteiger partial charge on any atom is 0.254 e. The van der Waals surface area contributed by atoms with Crippen LogP contribution in [0, 0.1) is 11.6 Å². The van der Waals surface area contributed by atoms with Crippen LogP contribution in [0.4, 0.5) is 8.78 Å². The molecule has 0 spiro atoms. The van der Waals surface area contributed by atoms with Crippen LogP contribution < -0.4 is 14.8 Å². The Bertz CT molecular complexity index is 956. The van der Waals surface area contributed by atoms with Gasteiger partial charge in [-0.1, -0.05) is 11.6 Å². The van der Waals surface area contributed by atoms with Gasteiger partial charge in [-0.25, -0.2) is 8.78 Å². The minimum atomic E-state index is -0.630. The van der Waals surface area contributed by atoms with Crippen molar-refractivity contribution < 1.29 is 23.0 Å². The van der Waals surface area contributed by atoms with E-state index in [1.165, 1.54) is 19.2 Å². The second kappa shape index (κ2) is 10.4. The van der Waals surface area contributed by atoms with E-state index < -0.39 is 11.6 Å². The normalized spacial score (nSPS) is 16.3. The fourth-order valence-corrected chi connectivity index (χ4v) is 3.78. The molecule has 1 atom stereocenters. The Hall–Kier alpha value is -2.93. The molecular formula is C24H28F2N2O3. The molecule has 1 saturated heterocycles. The number of amides is 1. The fraction of sp³-hybridized carbons (Fsp3) is 0.375. The number of ether oxygens (including phenoxy) is 2. The first-order valence-corrected chi connectivity index (χ1v) is 10.3. The average Bonchev–Trinajstić information content (AvgIpc) is 3.27. The highest BCUT2D eigenvalue weighted by atomic mass is 19.1. The van der Waals surface area contributed by atoms with Gasteiger partial charge in [0.25, 0.3) is 5.91 Å². The van der Waals surface area contributed by atoms with Gasteiger partial charge in [0.2, 0.25) is 0 Å². The van der Waals surface area contributed by atoms with Crippen LogP contribution in [-0.2, 0) is 0 Å². The minimum absolute atomic E-state index is 0.151. The summed E-state index contributed by atoms with van der Waals surface area (Å²) in [7, 11) is 3.07. The largest absolute Gasteiger partial charge is 0.493 e. The maximum atomic E-state index is 14.1. The summed E-state index contributed by atoms with van der Waals surface area (Å²) < 4.78 is 37.8. The topological polar surface area (TPSA) is 50.8 Å². The number of carbonyl (C=O) groups excluding carboxylic acids is 1. The zero-order valence-electron chi connectivity index (χ0n) is 18.1. The quantitative estimate of drug-likeness (QED) is 0.679. The van der Waals surface area contributed by atoms with Crippen molar-refractivity contribution in [3.05, 3.63) is 64.7 Å². The number of nitrogens with zero attached hydrogens (tertiary/aromatic N) is 1. The molecule has 3 rings (SSSR count). The van der Waals surface area contributed by atoms with Crippen LogP contribution in [0.3, 0.4) is 0 Å². The summed E-state index contributed by atoms with van der Waals surface area (Å²) in [6.45, 7) is 3.62. The third-order valence-electron chi connectivity index (χ3n) is 5.33. The molecule has 1 fully saturated rings. The Balaban J connectivity index is 1.85. The molecule has 0 aliphatic carbocycles. The van der Waals surface area contributed by atoms with E-state index in [2.05, 4.69) is 5.32 Å². The van der Waals surface area contributed by atoms with Gasteiger partial charge in [0.15, 0.2) is 11.5 Å². The molecule has 0 aromatic heterocycles. The van der Waals surface area contributed by atoms with Crippen molar-refractivity contribution in [3.63, 3.8) is 0 Å². The first-order valence-electron chi connectivity index (χ1n) is 10.3. The lowest BCUT2D eigenvalue weighted by molar-refractivity contribution is 0.0757. The second-order valence-electron chi connectivity index (χ2n) is 7.71. The summed E-state index contributed by atoms with van der Waals surface area (Å²) in [5.74, 6) is -0.375. The first-order chi connectivity index (χ1) is 14.9. The standard InChI is InChI=1S/C24H28F2N2O3/c1-16(11-17-6-8-19(25)13-21(17)26)14-28(15-20-5-4-10-27-20)24(29)18-7-9-22(30-2)23(12-18)31-3/h6-9,11-13,20,27H,4-5,10,14-15H2,1-3H3/b16-11+/t20-/m0/s1. The molecule has 0 unspecified atom stereocenters. The minimum Gasteiger partial charge on any atom is -0.493 e. The van der Waals surface area contributed by atoms with Crippen LogP contribution in [0.1, 0.15) is 35.7 Å². The Labute approximate surface area is 181 Å². The van der Waals surface area contributed by atoms with E-state index in [1.807, 2.05) is 6.92 Å². The highest BCUT2D eigenvalue weighted by molar-refractivity contribution is 5.95. The van der Waals surface area contributed by atoms with Gasteiger partial charge in [-0.05, 0) is 56.6 Å². The number of rotatable bonds is 8. The highest BCUT2D eigenvalue weighted by Gasteiger charge is 2.23. The SMILES string of the molecule is COc1ccc(C(=O)N(C/C(C)=C/c2ccc(F)cc2F)C[C@@H]2CCCN2)cc1OC. The first kappa shape index (κ1) is 22.7. The molecule has 0 saturated carbocycles. The molecule has 1 aliphatic heterocycles. The lowest BCUT2D eigenvalue weighted by atomic mass is 10.1. The monoisotopic (exact) mass is 430 g/mol. The molecule has 1 N–H and O–H groups in total. The molecule has 5 nitrogen and oxygen atoms in total. The Morgan fingerprint density at radius 2 is 1.94 bits per heavy atom. The van der Waals surface area contributed by atoms with E-state index in [0.717, 1.165) is 31.0 Å². The molecule has 31 heavy (non-hydrogen) atoms. The average molecular weight is 430 g/mol. The maximum absolute atomic E-state index is 14.1. The summed E-state index contributed by atoms with van der Waals surface area (Å²) in [6.07, 6.45) is 3.70. The van der Waals surface area contributed by atoms with Crippen LogP contribution in [-0.4, -0.2) is 50.7 Å². The predicted molar refractivity (Wildman–Crippen MR) is 116 cm³/mol. The van der Waals surface area contributed by atoms with Crippen molar-refractivity contribution in [2.24, 2.45) is 0 Å². The van der Waals surface area contributed by atoms with Gasteiger partial charge in [-0.2, -0.15) is 0 Å². The van der Waals surface area contributed by atoms with Gasteiger partial charge in [0, 0.05) is 36.3 Å². The van der Waals surface area contributed by atoms with Crippen molar-refractivity contribution in [2.75, 3.05) is 33.9 Å². The summed E-state index contributed by atoms with van der Waals surface area (Å²) in [5, 5.41) is 3.41. The van der Waals surface area contributed by atoms with Crippen molar-refractivity contribution in [3.8, 4) is 11.5 Å². The molecule has 7 heteroatoms. The van der Waals surface area contributed by atoms with Crippen LogP contribution in [0.15, 0.2) is 42.0 Å². The number of nitrogens with one attached hydrogen (secondary N) is 1. The lowest BCUT2D eigenvalue weighted by Gasteiger charge is -2.27. The van der Waals surface area contributed by atoms with Gasteiger partial charge >= 0.3 is 0 Å². The Kier molecular flexibility index (Phi) is 7.63. The number of hydrogen-bond donors (Lipinski definition) is 1. The number of hydrogen-bond acceptors (Lipinski definition) is 4. The van der Waals surface area contributed by atoms with Gasteiger partial charge in [-0.3, -0.25) is 4.79 Å². The van der Waals surface area contributed by atoms with E-state index in [4.69, 9.17) is 9.47 Å². The fourth-order valence-electron chi connectivity index (χ4n) is 3.78. The zero-order chi connectivity index (χ0) is 22.4. The van der Waals surface area contributed by atoms with Crippen LogP contribution in [0.5, 0.6) is 11.5 Å². The smallest absolute Gasteiger partial charge is 0.254 e. The van der Waals surface area contributed by atoms with Gasteiger partial charge in [0.05, 0.1) is 14.2 Å². The third-order valence-corrected chi connectivity index (χ3v) is 5.33. The second-order valence-corrected chi connectivity index (χ2v) is 7.71. The number of benzene rings is 2. The van der Waals surface area contributed by atoms with Crippen molar-refractivity contribution >= 4 is 12.0 Å². The molecule has 166 valence electrons. The van der Waals surface area contributed by atoms with Gasteiger partial charge < -0.3 is 19.7 Å². The molecule has 1 amide bonds. The van der Waals surface area contributed by atoms with E-state index in [1.54, 1.807) is 36.3 Å². The van der Waals surface area contributed by atoms with Crippen molar-refractivity contribution in [2.45, 2.75) is 25.8 Å². The van der Waals surface area contributed by atoms with Crippen LogP contribution in [0.25, 0.3) is 6.08 Å². The van der Waals surface area contributed by atoms with E-state index in [0.29, 0.717) is 30.2 Å². The van der Waals surface area contributed by atoms with Crippen molar-refractivity contribution in [1.29, 1.82) is 0 Å². The zero-order valence-corrected chi connectivity index (χ0v) is 18.1. The van der Waals surface area contributed by atoms with Gasteiger partial charge in [-0.15, -0.1) is 0 Å². The molecule has 2 aromatic rings. The number of methoxy groups -OCH3 is 2. The lowest BCUT2D eigenvalue weighted by Crippen LogP contribution is -2.42. The predicted octanol–water partition coefficient (Wildman–Crippen LogP) is 4.28. The van der Waals surface area contributed by atoms with E-state index in [-0.39, 0.29) is 17.5 Å². The van der Waals surface area contributed by atoms with Crippen LogP contribution in [0.2, 0.25) is 0 Å². The van der Waals surface area contributed by atoms with Gasteiger partial charge in [0.1, 0.15) is 11.6 Å². The van der Waals surface area contributed by atoms with E-state index in [9.17, 15) is 13.6 Å². The molecule has 0 bridgehead atoms. The highest BCUT2D eigenvalue weighted by Crippen LogP contribution is 2.28. The molecular weight excluding hydrogens is 402 g/mol. The Morgan fingerprint density at radius 3 is 2.58 bits per heavy atom. The molecule has 2 aromatic carbocycles. The summed E-state index contributed by atoms with van der Waals surface area (Å²) in [6, 6.07) is 8.75. The molecule has 1 aliphatic rings. The molecule has 1 heterocycles. The summed E-state index contributed by atoms with van der Waals surface area (Å²) in [4.78, 5) is 15.1. The van der Waals surface area contributed by atoms with Crippen LogP contribution >= 0.6 is 0 Å². The summed E-state index contributed by atoms with van der Waals surface area (Å²) in [5.41, 5.74) is 1.56. The Morgan fingerprint density at radius 1 is 1.16 bits per heavy atom. The number of halogens is 2.